The van der Waals surface area contributed by atoms with Crippen LogP contribution in [0.25, 0.3) is 0 Å². The second-order valence-corrected chi connectivity index (χ2v) is 14.5. The molecule has 0 amide bonds. The van der Waals surface area contributed by atoms with E-state index in [0.717, 1.165) is 30.6 Å². The molecule has 1 fully saturated rings. The van der Waals surface area contributed by atoms with Crippen molar-refractivity contribution in [3.63, 3.8) is 0 Å². The molecular weight excluding hydrogens is 635 g/mol. The van der Waals surface area contributed by atoms with Crippen molar-refractivity contribution in [3.05, 3.63) is 144 Å². The average molecular weight is 689 g/mol. The van der Waals surface area contributed by atoms with Crippen molar-refractivity contribution >= 4 is 18.8 Å². The third-order valence-corrected chi connectivity index (χ3v) is 10.1. The van der Waals surface area contributed by atoms with Crippen molar-refractivity contribution < 1.29 is 23.9 Å². The van der Waals surface area contributed by atoms with Crippen molar-refractivity contribution in [1.82, 2.24) is 4.90 Å². The predicted molar refractivity (Wildman–Crippen MR) is 206 cm³/mol. The van der Waals surface area contributed by atoms with Crippen LogP contribution < -0.4 is 0 Å². The summed E-state index contributed by atoms with van der Waals surface area (Å²) in [5, 5.41) is 11.0. The minimum Gasteiger partial charge on any atom is -0.479 e. The molecular formula is C43H53BN2O5. The first-order valence-electron chi connectivity index (χ1n) is 18.2. The molecule has 5 rings (SSSR count). The van der Waals surface area contributed by atoms with Crippen LogP contribution in [0.1, 0.15) is 75.6 Å². The molecule has 4 aromatic rings. The zero-order chi connectivity index (χ0) is 36.2. The van der Waals surface area contributed by atoms with Gasteiger partial charge in [0.1, 0.15) is 0 Å². The number of hydrogen-bond donors (Lipinski definition) is 1. The molecule has 8 heteroatoms. The van der Waals surface area contributed by atoms with Crippen molar-refractivity contribution in [2.45, 2.75) is 89.5 Å². The number of carboxylic acids is 1. The Hall–Kier alpha value is -4.08. The predicted octanol–water partition coefficient (Wildman–Crippen LogP) is 8.72. The van der Waals surface area contributed by atoms with Gasteiger partial charge in [0.05, 0.1) is 23.5 Å². The second kappa shape index (κ2) is 17.9. The smallest absolute Gasteiger partial charge is 0.457 e. The molecule has 0 bridgehead atoms. The number of unbranched alkanes of at least 4 members (excludes halogenated alkanes) is 1. The van der Waals surface area contributed by atoms with E-state index in [1.54, 1.807) is 0 Å². The second-order valence-electron chi connectivity index (χ2n) is 14.5. The number of hydrogen-bond acceptors (Lipinski definition) is 6. The van der Waals surface area contributed by atoms with Crippen LogP contribution in [0.3, 0.4) is 0 Å². The Kier molecular flexibility index (Phi) is 13.4. The molecule has 0 aromatic heterocycles. The lowest BCUT2D eigenvalue weighted by Crippen LogP contribution is -2.41. The molecule has 1 aliphatic heterocycles. The first kappa shape index (κ1) is 38.2. The Balaban J connectivity index is 1.31. The van der Waals surface area contributed by atoms with Crippen LogP contribution in [0, 0.1) is 0 Å². The molecule has 0 radical (unpaired) electrons. The Morgan fingerprint density at radius 2 is 1.18 bits per heavy atom. The maximum atomic E-state index is 13.4. The number of rotatable bonds is 19. The van der Waals surface area contributed by atoms with Gasteiger partial charge in [0.15, 0.2) is 5.54 Å². The zero-order valence-corrected chi connectivity index (χ0v) is 30.7. The first-order valence-corrected chi connectivity index (χ1v) is 18.2. The maximum Gasteiger partial charge on any atom is 0.457 e. The van der Waals surface area contributed by atoms with E-state index >= 15 is 0 Å². The van der Waals surface area contributed by atoms with E-state index in [2.05, 4.69) is 81.1 Å². The van der Waals surface area contributed by atoms with Gasteiger partial charge in [-0.2, -0.15) is 0 Å². The highest BCUT2D eigenvalue weighted by atomic mass is 16.7. The van der Waals surface area contributed by atoms with Gasteiger partial charge >= 0.3 is 13.1 Å². The van der Waals surface area contributed by atoms with E-state index in [1.165, 1.54) is 11.1 Å². The largest absolute Gasteiger partial charge is 0.479 e. The van der Waals surface area contributed by atoms with Gasteiger partial charge in [0.2, 0.25) is 0 Å². The molecule has 0 aliphatic carbocycles. The van der Waals surface area contributed by atoms with Gasteiger partial charge in [-0.05, 0) is 51.6 Å². The number of carboxylic acid groups (broad SMARTS) is 1. The minimum atomic E-state index is -1.38. The van der Waals surface area contributed by atoms with Gasteiger partial charge in [-0.25, -0.2) is 4.79 Å². The summed E-state index contributed by atoms with van der Waals surface area (Å²) in [4.78, 5) is 20.9. The van der Waals surface area contributed by atoms with Gasteiger partial charge in [-0.3, -0.25) is 9.89 Å². The van der Waals surface area contributed by atoms with Crippen molar-refractivity contribution in [2.24, 2.45) is 4.99 Å². The van der Waals surface area contributed by atoms with Crippen LogP contribution in [0.5, 0.6) is 0 Å². The van der Waals surface area contributed by atoms with E-state index in [4.69, 9.17) is 19.0 Å². The van der Waals surface area contributed by atoms with Gasteiger partial charge < -0.3 is 19.2 Å². The van der Waals surface area contributed by atoms with Gasteiger partial charge in [0, 0.05) is 43.8 Å². The molecule has 1 heterocycles. The standard InChI is InChI=1S/C43H53BN2O5/c1-41(2)42(3,4)51-44(50-41)29-18-17-27-43(40(47)48,45-39(37-23-13-7-14-24-37)38-25-15-8-16-26-38)28-31-49-32-30-46(33-35-19-9-5-10-20-35)34-36-21-11-6-12-22-36/h5-16,19-26H,17-18,27-34H2,1-4H3,(H,47,48). The zero-order valence-electron chi connectivity index (χ0n) is 30.7. The molecule has 1 atom stereocenters. The summed E-state index contributed by atoms with van der Waals surface area (Å²) in [6.07, 6.45) is 2.70. The van der Waals surface area contributed by atoms with Gasteiger partial charge in [0.25, 0.3) is 0 Å². The van der Waals surface area contributed by atoms with Crippen molar-refractivity contribution in [2.75, 3.05) is 19.8 Å². The number of benzene rings is 4. The van der Waals surface area contributed by atoms with Crippen LogP contribution in [0.4, 0.5) is 0 Å². The molecule has 4 aromatic carbocycles. The third-order valence-electron chi connectivity index (χ3n) is 10.1. The average Bonchev–Trinajstić information content (AvgIpc) is 3.34. The number of aliphatic carboxylic acids is 1. The van der Waals surface area contributed by atoms with Gasteiger partial charge in [-0.15, -0.1) is 0 Å². The Morgan fingerprint density at radius 1 is 0.706 bits per heavy atom. The third kappa shape index (κ3) is 10.7. The monoisotopic (exact) mass is 688 g/mol. The number of carbonyl (C=O) groups is 1. The van der Waals surface area contributed by atoms with Crippen LogP contribution in [0.15, 0.2) is 126 Å². The fourth-order valence-electron chi connectivity index (χ4n) is 6.45. The Bertz CT molecular complexity index is 1570. The van der Waals surface area contributed by atoms with E-state index < -0.39 is 22.7 Å². The van der Waals surface area contributed by atoms with Crippen LogP contribution in [0.2, 0.25) is 6.32 Å². The van der Waals surface area contributed by atoms with Crippen LogP contribution in [-0.4, -0.2) is 65.3 Å². The molecule has 7 nitrogen and oxygen atoms in total. The lowest BCUT2D eigenvalue weighted by Gasteiger charge is -2.32. The molecule has 268 valence electrons. The van der Waals surface area contributed by atoms with Crippen LogP contribution >= 0.6 is 0 Å². The molecule has 0 spiro atoms. The number of aliphatic imine (C=N–C) groups is 1. The van der Waals surface area contributed by atoms with Gasteiger partial charge in [-0.1, -0.05) is 134 Å². The molecule has 1 aliphatic rings. The first-order chi connectivity index (χ1) is 24.6. The summed E-state index contributed by atoms with van der Waals surface area (Å²) in [6.45, 7) is 11.2. The van der Waals surface area contributed by atoms with E-state index in [0.29, 0.717) is 38.0 Å². The van der Waals surface area contributed by atoms with E-state index in [9.17, 15) is 9.90 Å². The SMILES string of the molecule is CC1(C)OB(CCCCC(CCOCCN(Cc2ccccc2)Cc2ccccc2)(N=C(c2ccccc2)c2ccccc2)C(=O)O)OC1(C)C. The minimum absolute atomic E-state index is 0.249. The Labute approximate surface area is 304 Å². The quantitative estimate of drug-likeness (QED) is 0.0603. The summed E-state index contributed by atoms with van der Waals surface area (Å²) < 4.78 is 18.7. The van der Waals surface area contributed by atoms with Crippen molar-refractivity contribution in [1.29, 1.82) is 0 Å². The number of ether oxygens (including phenoxy) is 1. The highest BCUT2D eigenvalue weighted by molar-refractivity contribution is 6.45. The summed E-state index contributed by atoms with van der Waals surface area (Å²) in [7, 11) is -0.319. The fourth-order valence-corrected chi connectivity index (χ4v) is 6.45. The van der Waals surface area contributed by atoms with Crippen LogP contribution in [-0.2, 0) is 31.9 Å². The number of nitrogens with zero attached hydrogens (tertiary/aromatic N) is 2. The Morgan fingerprint density at radius 3 is 1.65 bits per heavy atom. The summed E-state index contributed by atoms with van der Waals surface area (Å²) in [5.74, 6) is -0.944. The molecule has 1 N–H and O–H groups in total. The topological polar surface area (TPSA) is 80.6 Å². The fraction of sp³-hybridized carbons (Fsp3) is 0.395. The lowest BCUT2D eigenvalue weighted by atomic mass is 9.80. The summed E-state index contributed by atoms with van der Waals surface area (Å²) >= 11 is 0. The maximum absolute atomic E-state index is 13.4. The molecule has 0 saturated carbocycles. The summed E-state index contributed by atoms with van der Waals surface area (Å²) in [6, 6.07) is 40.6. The highest BCUT2D eigenvalue weighted by Crippen LogP contribution is 2.38. The van der Waals surface area contributed by atoms with E-state index in [1.807, 2.05) is 72.8 Å². The molecule has 51 heavy (non-hydrogen) atoms. The molecule has 1 saturated heterocycles. The van der Waals surface area contributed by atoms with Crippen molar-refractivity contribution in [3.8, 4) is 0 Å². The normalized spacial score (nSPS) is 16.1. The molecule has 1 unspecified atom stereocenters. The summed E-state index contributed by atoms with van der Waals surface area (Å²) in [5.41, 5.74) is 2.72. The lowest BCUT2D eigenvalue weighted by molar-refractivity contribution is -0.144. The highest BCUT2D eigenvalue weighted by Gasteiger charge is 2.50. The van der Waals surface area contributed by atoms with E-state index in [-0.39, 0.29) is 20.1 Å².